The van der Waals surface area contributed by atoms with E-state index in [1.54, 1.807) is 0 Å². The van der Waals surface area contributed by atoms with Crippen LogP contribution in [0.5, 0.6) is 0 Å². The molecule has 0 radical (unpaired) electrons. The van der Waals surface area contributed by atoms with Gasteiger partial charge < -0.3 is 10.6 Å². The summed E-state index contributed by atoms with van der Waals surface area (Å²) in [7, 11) is 0. The van der Waals surface area contributed by atoms with E-state index < -0.39 is 12.1 Å². The molecular formula is C14H23F3N2O. The van der Waals surface area contributed by atoms with Gasteiger partial charge in [0.15, 0.2) is 0 Å². The second-order valence-electron chi connectivity index (χ2n) is 6.19. The Morgan fingerprint density at radius 1 is 1.20 bits per heavy atom. The second kappa shape index (κ2) is 6.33. The zero-order chi connectivity index (χ0) is 14.8. The van der Waals surface area contributed by atoms with Crippen molar-refractivity contribution >= 4 is 5.91 Å². The van der Waals surface area contributed by atoms with Crippen molar-refractivity contribution in [2.24, 2.45) is 11.8 Å². The molecule has 1 aliphatic heterocycles. The van der Waals surface area contributed by atoms with Gasteiger partial charge in [0.25, 0.3) is 0 Å². The quantitative estimate of drug-likeness (QED) is 0.821. The Morgan fingerprint density at radius 3 is 2.60 bits per heavy atom. The van der Waals surface area contributed by atoms with Crippen molar-refractivity contribution in [1.82, 2.24) is 10.6 Å². The van der Waals surface area contributed by atoms with Gasteiger partial charge in [0.05, 0.1) is 5.92 Å². The number of carbonyl (C=O) groups excluding carboxylic acids is 1. The van der Waals surface area contributed by atoms with Gasteiger partial charge in [-0.1, -0.05) is 6.42 Å². The predicted molar refractivity (Wildman–Crippen MR) is 70.1 cm³/mol. The Kier molecular flexibility index (Phi) is 4.94. The van der Waals surface area contributed by atoms with Crippen LogP contribution in [0.1, 0.15) is 45.4 Å². The molecule has 2 fully saturated rings. The lowest BCUT2D eigenvalue weighted by molar-refractivity contribution is -0.184. The number of halogens is 3. The third-order valence-corrected chi connectivity index (χ3v) is 4.48. The Morgan fingerprint density at radius 2 is 1.95 bits per heavy atom. The summed E-state index contributed by atoms with van der Waals surface area (Å²) in [5, 5.41) is 6.11. The molecule has 0 aromatic rings. The Bertz CT molecular complexity index is 346. The fourth-order valence-electron chi connectivity index (χ4n) is 3.31. The first-order chi connectivity index (χ1) is 9.36. The van der Waals surface area contributed by atoms with Crippen molar-refractivity contribution in [3.05, 3.63) is 0 Å². The van der Waals surface area contributed by atoms with E-state index in [0.29, 0.717) is 18.9 Å². The van der Waals surface area contributed by atoms with E-state index in [1.165, 1.54) is 0 Å². The lowest BCUT2D eigenvalue weighted by Gasteiger charge is -2.33. The van der Waals surface area contributed by atoms with Crippen molar-refractivity contribution in [1.29, 1.82) is 0 Å². The van der Waals surface area contributed by atoms with Crippen LogP contribution in [0.4, 0.5) is 13.2 Å². The first kappa shape index (κ1) is 15.6. The predicted octanol–water partition coefficient (Wildman–Crippen LogP) is 2.61. The average molecular weight is 292 g/mol. The molecule has 1 heterocycles. The summed E-state index contributed by atoms with van der Waals surface area (Å²) in [6, 6.07) is -0.0122. The van der Waals surface area contributed by atoms with E-state index in [-0.39, 0.29) is 30.7 Å². The molecule has 20 heavy (non-hydrogen) atoms. The van der Waals surface area contributed by atoms with Crippen molar-refractivity contribution in [3.63, 3.8) is 0 Å². The summed E-state index contributed by atoms with van der Waals surface area (Å²) < 4.78 is 38.2. The standard InChI is InChI=1S/C14H23F3N2O/c1-9-7-10(5-6-18-9)13(20)19-12-4-2-3-11(8-12)14(15,16)17/h9-12,18H,2-8H2,1H3,(H,19,20)/t9-,10-,11?,12?/m0/s1. The molecule has 1 saturated carbocycles. The maximum Gasteiger partial charge on any atom is 0.391 e. The van der Waals surface area contributed by atoms with E-state index in [9.17, 15) is 18.0 Å². The molecule has 2 rings (SSSR count). The van der Waals surface area contributed by atoms with Crippen LogP contribution in [0, 0.1) is 11.8 Å². The molecule has 0 bridgehead atoms. The van der Waals surface area contributed by atoms with Gasteiger partial charge in [-0.2, -0.15) is 13.2 Å². The third kappa shape index (κ3) is 4.11. The Hall–Kier alpha value is -0.780. The van der Waals surface area contributed by atoms with Gasteiger partial charge in [0.2, 0.25) is 5.91 Å². The summed E-state index contributed by atoms with van der Waals surface area (Å²) in [4.78, 5) is 12.1. The Labute approximate surface area is 117 Å². The monoisotopic (exact) mass is 292 g/mol. The number of hydrogen-bond acceptors (Lipinski definition) is 2. The van der Waals surface area contributed by atoms with Crippen molar-refractivity contribution in [2.45, 2.75) is 63.7 Å². The van der Waals surface area contributed by atoms with Crippen LogP contribution in [-0.4, -0.2) is 30.7 Å². The maximum absolute atomic E-state index is 12.7. The Balaban J connectivity index is 1.84. The van der Waals surface area contributed by atoms with Crippen LogP contribution < -0.4 is 10.6 Å². The van der Waals surface area contributed by atoms with E-state index in [4.69, 9.17) is 0 Å². The minimum absolute atomic E-state index is 0.0375. The smallest absolute Gasteiger partial charge is 0.353 e. The molecule has 116 valence electrons. The zero-order valence-electron chi connectivity index (χ0n) is 11.8. The first-order valence-corrected chi connectivity index (χ1v) is 7.46. The molecular weight excluding hydrogens is 269 g/mol. The highest BCUT2D eigenvalue weighted by molar-refractivity contribution is 5.79. The fraction of sp³-hybridized carbons (Fsp3) is 0.929. The van der Waals surface area contributed by atoms with Crippen molar-refractivity contribution in [2.75, 3.05) is 6.54 Å². The first-order valence-electron chi connectivity index (χ1n) is 7.46. The van der Waals surface area contributed by atoms with E-state index >= 15 is 0 Å². The zero-order valence-corrected chi connectivity index (χ0v) is 11.8. The van der Waals surface area contributed by atoms with Crippen LogP contribution in [0.15, 0.2) is 0 Å². The molecule has 4 atom stereocenters. The summed E-state index contributed by atoms with van der Waals surface area (Å²) in [5.74, 6) is -1.38. The molecule has 6 heteroatoms. The molecule has 1 amide bonds. The van der Waals surface area contributed by atoms with Gasteiger partial charge in [-0.05, 0) is 45.6 Å². The number of alkyl halides is 3. The van der Waals surface area contributed by atoms with Gasteiger partial charge in [-0.15, -0.1) is 0 Å². The highest BCUT2D eigenvalue weighted by atomic mass is 19.4. The number of carbonyl (C=O) groups is 1. The minimum atomic E-state index is -4.13. The molecule has 2 N–H and O–H groups in total. The summed E-state index contributed by atoms with van der Waals surface area (Å²) in [6.07, 6.45) is -1.16. The molecule has 1 aliphatic carbocycles. The van der Waals surface area contributed by atoms with Crippen LogP contribution in [-0.2, 0) is 4.79 Å². The molecule has 0 aromatic carbocycles. The number of nitrogens with one attached hydrogen (secondary N) is 2. The third-order valence-electron chi connectivity index (χ3n) is 4.48. The molecule has 2 aliphatic rings. The maximum atomic E-state index is 12.7. The van der Waals surface area contributed by atoms with Crippen LogP contribution in [0.2, 0.25) is 0 Å². The van der Waals surface area contributed by atoms with E-state index in [0.717, 1.165) is 19.4 Å². The fourth-order valence-corrected chi connectivity index (χ4v) is 3.31. The average Bonchev–Trinajstić information content (AvgIpc) is 2.38. The number of amides is 1. The summed E-state index contributed by atoms with van der Waals surface area (Å²) >= 11 is 0. The largest absolute Gasteiger partial charge is 0.391 e. The summed E-state index contributed by atoms with van der Waals surface area (Å²) in [6.45, 7) is 2.83. The van der Waals surface area contributed by atoms with Gasteiger partial charge >= 0.3 is 6.18 Å². The number of piperidine rings is 1. The highest BCUT2D eigenvalue weighted by Crippen LogP contribution is 2.37. The molecule has 1 saturated heterocycles. The van der Waals surface area contributed by atoms with E-state index in [2.05, 4.69) is 10.6 Å². The van der Waals surface area contributed by atoms with Crippen LogP contribution >= 0.6 is 0 Å². The normalized spacial score (nSPS) is 35.6. The highest BCUT2D eigenvalue weighted by Gasteiger charge is 2.42. The molecule has 2 unspecified atom stereocenters. The van der Waals surface area contributed by atoms with Crippen molar-refractivity contribution < 1.29 is 18.0 Å². The van der Waals surface area contributed by atoms with E-state index in [1.807, 2.05) is 6.92 Å². The van der Waals surface area contributed by atoms with Gasteiger partial charge in [0.1, 0.15) is 0 Å². The molecule has 0 aromatic heterocycles. The minimum Gasteiger partial charge on any atom is -0.353 e. The lowest BCUT2D eigenvalue weighted by Crippen LogP contribution is -2.47. The van der Waals surface area contributed by atoms with Gasteiger partial charge in [-0.3, -0.25) is 4.79 Å². The number of hydrogen-bond donors (Lipinski definition) is 2. The lowest BCUT2D eigenvalue weighted by atomic mass is 9.84. The SMILES string of the molecule is C[C@H]1C[C@@H](C(=O)NC2CCCC(C(F)(F)F)C2)CCN1. The number of rotatable bonds is 2. The topological polar surface area (TPSA) is 41.1 Å². The second-order valence-corrected chi connectivity index (χ2v) is 6.19. The molecule has 3 nitrogen and oxygen atoms in total. The van der Waals surface area contributed by atoms with Crippen LogP contribution in [0.3, 0.4) is 0 Å². The van der Waals surface area contributed by atoms with Gasteiger partial charge in [-0.25, -0.2) is 0 Å². The molecule has 0 spiro atoms. The summed E-state index contributed by atoms with van der Waals surface area (Å²) in [5.41, 5.74) is 0. The van der Waals surface area contributed by atoms with Crippen LogP contribution in [0.25, 0.3) is 0 Å². The van der Waals surface area contributed by atoms with Gasteiger partial charge in [0, 0.05) is 18.0 Å². The van der Waals surface area contributed by atoms with Crippen molar-refractivity contribution in [3.8, 4) is 0 Å².